The van der Waals surface area contributed by atoms with Crippen molar-refractivity contribution in [1.82, 2.24) is 29.6 Å². The molecule has 0 amide bonds. The molecule has 0 unspecified atom stereocenters. The average molecular weight is 352 g/mol. The lowest BCUT2D eigenvalue weighted by Gasteiger charge is -2.34. The van der Waals surface area contributed by atoms with Crippen LogP contribution < -0.4 is 0 Å². The molecule has 7 heteroatoms. The minimum absolute atomic E-state index is 0.298. The predicted octanol–water partition coefficient (Wildman–Crippen LogP) is 1.99. The lowest BCUT2D eigenvalue weighted by Crippen LogP contribution is -2.43. The second-order valence-electron chi connectivity index (χ2n) is 6.93. The molecule has 3 aromatic heterocycles. The summed E-state index contributed by atoms with van der Waals surface area (Å²) >= 11 is 0. The van der Waals surface area contributed by atoms with Crippen LogP contribution in [0.2, 0.25) is 0 Å². The van der Waals surface area contributed by atoms with Crippen LogP contribution in [0.3, 0.4) is 0 Å². The van der Waals surface area contributed by atoms with E-state index in [1.165, 1.54) is 5.69 Å². The SMILES string of the molecule is Cc1cc(CN2Cc3ncn(C)c3C[C@@H]2COCc2cccnc2)n[nH]1. The van der Waals surface area contributed by atoms with Crippen LogP contribution in [-0.4, -0.2) is 42.3 Å². The Kier molecular flexibility index (Phi) is 4.81. The second kappa shape index (κ2) is 7.39. The van der Waals surface area contributed by atoms with Gasteiger partial charge in [0.05, 0.1) is 30.9 Å². The lowest BCUT2D eigenvalue weighted by atomic mass is 10.0. The Bertz CT molecular complexity index is 856. The van der Waals surface area contributed by atoms with E-state index in [-0.39, 0.29) is 0 Å². The van der Waals surface area contributed by atoms with E-state index >= 15 is 0 Å². The van der Waals surface area contributed by atoms with Crippen molar-refractivity contribution in [3.63, 3.8) is 0 Å². The molecule has 0 saturated carbocycles. The first-order valence-electron chi connectivity index (χ1n) is 8.89. The minimum atomic E-state index is 0.298. The highest BCUT2D eigenvalue weighted by Gasteiger charge is 2.29. The van der Waals surface area contributed by atoms with Crippen molar-refractivity contribution in [1.29, 1.82) is 0 Å². The molecule has 1 atom stereocenters. The fourth-order valence-corrected chi connectivity index (χ4v) is 3.48. The van der Waals surface area contributed by atoms with Crippen molar-refractivity contribution in [2.45, 2.75) is 39.1 Å². The number of aromatic amines is 1. The van der Waals surface area contributed by atoms with Gasteiger partial charge in [-0.2, -0.15) is 5.10 Å². The molecule has 4 rings (SSSR count). The Morgan fingerprint density at radius 2 is 2.31 bits per heavy atom. The van der Waals surface area contributed by atoms with Crippen molar-refractivity contribution in [3.05, 3.63) is 65.3 Å². The summed E-state index contributed by atoms with van der Waals surface area (Å²) in [5.74, 6) is 0. The Morgan fingerprint density at radius 1 is 1.38 bits per heavy atom. The number of aryl methyl sites for hydroxylation is 2. The summed E-state index contributed by atoms with van der Waals surface area (Å²) in [5.41, 5.74) is 5.69. The molecular weight excluding hydrogens is 328 g/mol. The van der Waals surface area contributed by atoms with Crippen LogP contribution in [0.15, 0.2) is 36.9 Å². The van der Waals surface area contributed by atoms with Crippen molar-refractivity contribution >= 4 is 0 Å². The number of H-pyrrole nitrogens is 1. The first kappa shape index (κ1) is 16.9. The molecular formula is C19H24N6O. The maximum Gasteiger partial charge on any atom is 0.0949 e. The van der Waals surface area contributed by atoms with Gasteiger partial charge in [0.1, 0.15) is 0 Å². The van der Waals surface area contributed by atoms with E-state index in [0.29, 0.717) is 19.3 Å². The van der Waals surface area contributed by atoms with Crippen molar-refractivity contribution in [2.24, 2.45) is 7.05 Å². The number of nitrogens with one attached hydrogen (secondary N) is 1. The van der Waals surface area contributed by atoms with Gasteiger partial charge in [-0.25, -0.2) is 4.98 Å². The maximum absolute atomic E-state index is 6.02. The topological polar surface area (TPSA) is 71.9 Å². The summed E-state index contributed by atoms with van der Waals surface area (Å²) in [6.07, 6.45) is 6.47. The first-order chi connectivity index (χ1) is 12.7. The van der Waals surface area contributed by atoms with Crippen molar-refractivity contribution in [2.75, 3.05) is 6.61 Å². The van der Waals surface area contributed by atoms with E-state index < -0.39 is 0 Å². The van der Waals surface area contributed by atoms with Crippen LogP contribution in [-0.2, 0) is 37.9 Å². The van der Waals surface area contributed by atoms with Crippen LogP contribution in [0.25, 0.3) is 0 Å². The van der Waals surface area contributed by atoms with E-state index in [1.54, 1.807) is 6.20 Å². The third kappa shape index (κ3) is 3.68. The Morgan fingerprint density at radius 3 is 3.08 bits per heavy atom. The molecule has 0 radical (unpaired) electrons. The Labute approximate surface area is 153 Å². The van der Waals surface area contributed by atoms with Crippen LogP contribution in [0.4, 0.5) is 0 Å². The minimum Gasteiger partial charge on any atom is -0.375 e. The number of fused-ring (bicyclic) bond motifs is 1. The highest BCUT2D eigenvalue weighted by Crippen LogP contribution is 2.24. The van der Waals surface area contributed by atoms with E-state index in [0.717, 1.165) is 42.2 Å². The van der Waals surface area contributed by atoms with E-state index in [4.69, 9.17) is 4.74 Å². The van der Waals surface area contributed by atoms with Crippen molar-refractivity contribution < 1.29 is 4.74 Å². The van der Waals surface area contributed by atoms with E-state index in [2.05, 4.69) is 42.7 Å². The summed E-state index contributed by atoms with van der Waals surface area (Å²) in [6.45, 7) is 4.89. The molecule has 26 heavy (non-hydrogen) atoms. The summed E-state index contributed by atoms with van der Waals surface area (Å²) in [7, 11) is 2.06. The Balaban J connectivity index is 1.46. The molecule has 0 aromatic carbocycles. The molecule has 136 valence electrons. The van der Waals surface area contributed by atoms with Gasteiger partial charge in [-0.3, -0.25) is 15.0 Å². The zero-order valence-electron chi connectivity index (χ0n) is 15.2. The molecule has 0 saturated heterocycles. The zero-order valence-corrected chi connectivity index (χ0v) is 15.2. The van der Waals surface area contributed by atoms with Crippen LogP contribution in [0.5, 0.6) is 0 Å². The molecule has 0 fully saturated rings. The highest BCUT2D eigenvalue weighted by atomic mass is 16.5. The van der Waals surface area contributed by atoms with Gasteiger partial charge in [0.15, 0.2) is 0 Å². The van der Waals surface area contributed by atoms with Gasteiger partial charge in [0, 0.05) is 56.4 Å². The molecule has 1 aliphatic heterocycles. The van der Waals surface area contributed by atoms with Gasteiger partial charge in [-0.15, -0.1) is 0 Å². The number of ether oxygens (including phenoxy) is 1. The fourth-order valence-electron chi connectivity index (χ4n) is 3.48. The number of pyridine rings is 1. The summed E-state index contributed by atoms with van der Waals surface area (Å²) in [6, 6.07) is 6.37. The van der Waals surface area contributed by atoms with Gasteiger partial charge >= 0.3 is 0 Å². The molecule has 0 bridgehead atoms. The van der Waals surface area contributed by atoms with Crippen LogP contribution >= 0.6 is 0 Å². The van der Waals surface area contributed by atoms with Crippen LogP contribution in [0.1, 0.15) is 28.3 Å². The standard InChI is InChI=1S/C19H24N6O/c1-14-6-16(23-22-14)9-25-10-18-19(24(2)13-21-18)7-17(25)12-26-11-15-4-3-5-20-8-15/h3-6,8,13,17H,7,9-12H2,1-2H3,(H,22,23)/t17-/m1/s1. The summed E-state index contributed by atoms with van der Waals surface area (Å²) in [4.78, 5) is 11.1. The molecule has 0 spiro atoms. The van der Waals surface area contributed by atoms with E-state index in [9.17, 15) is 0 Å². The maximum atomic E-state index is 6.02. The predicted molar refractivity (Wildman–Crippen MR) is 97.2 cm³/mol. The largest absolute Gasteiger partial charge is 0.375 e. The third-order valence-electron chi connectivity index (χ3n) is 4.87. The summed E-state index contributed by atoms with van der Waals surface area (Å²) in [5, 5.41) is 7.42. The quantitative estimate of drug-likeness (QED) is 0.735. The number of rotatable bonds is 6. The average Bonchev–Trinajstić information content (AvgIpc) is 3.22. The van der Waals surface area contributed by atoms with Gasteiger partial charge in [0.2, 0.25) is 0 Å². The van der Waals surface area contributed by atoms with Crippen molar-refractivity contribution in [3.8, 4) is 0 Å². The number of imidazole rings is 1. The highest BCUT2D eigenvalue weighted by molar-refractivity contribution is 5.19. The van der Waals surface area contributed by atoms with E-state index in [1.807, 2.05) is 31.6 Å². The number of hydrogen-bond donors (Lipinski definition) is 1. The smallest absolute Gasteiger partial charge is 0.0949 e. The summed E-state index contributed by atoms with van der Waals surface area (Å²) < 4.78 is 8.15. The number of aromatic nitrogens is 5. The molecule has 1 aliphatic rings. The molecule has 0 aliphatic carbocycles. The van der Waals surface area contributed by atoms with Gasteiger partial charge < -0.3 is 9.30 Å². The first-order valence-corrected chi connectivity index (χ1v) is 8.89. The van der Waals surface area contributed by atoms with Gasteiger partial charge in [-0.1, -0.05) is 6.07 Å². The number of nitrogens with zero attached hydrogens (tertiary/aromatic N) is 5. The second-order valence-corrected chi connectivity index (χ2v) is 6.93. The molecule has 3 aromatic rings. The van der Waals surface area contributed by atoms with Crippen LogP contribution in [0, 0.1) is 6.92 Å². The molecule has 7 nitrogen and oxygen atoms in total. The Hall–Kier alpha value is -2.51. The zero-order chi connectivity index (χ0) is 17.9. The lowest BCUT2D eigenvalue weighted by molar-refractivity contribution is 0.0354. The monoisotopic (exact) mass is 352 g/mol. The molecule has 1 N–H and O–H groups in total. The normalized spacial score (nSPS) is 17.4. The van der Waals surface area contributed by atoms with Gasteiger partial charge in [0.25, 0.3) is 0 Å². The molecule has 4 heterocycles. The van der Waals surface area contributed by atoms with Gasteiger partial charge in [-0.05, 0) is 24.6 Å². The third-order valence-corrected chi connectivity index (χ3v) is 4.87. The number of hydrogen-bond acceptors (Lipinski definition) is 5. The fraction of sp³-hybridized carbons (Fsp3) is 0.421.